The van der Waals surface area contributed by atoms with Crippen molar-refractivity contribution in [2.75, 3.05) is 6.61 Å². The first-order valence-electron chi connectivity index (χ1n) is 12.0. The Hall–Kier alpha value is -3.98. The van der Waals surface area contributed by atoms with E-state index in [1.54, 1.807) is 6.92 Å². The topological polar surface area (TPSA) is 102 Å². The van der Waals surface area contributed by atoms with Crippen LogP contribution in [0.25, 0.3) is 10.6 Å². The van der Waals surface area contributed by atoms with Gasteiger partial charge < -0.3 is 15.2 Å². The van der Waals surface area contributed by atoms with Gasteiger partial charge in [-0.1, -0.05) is 6.07 Å². The fourth-order valence-corrected chi connectivity index (χ4v) is 4.88. The molecule has 41 heavy (non-hydrogen) atoms. The molecule has 2 heterocycles. The van der Waals surface area contributed by atoms with Crippen LogP contribution >= 0.6 is 11.3 Å². The van der Waals surface area contributed by atoms with Crippen LogP contribution < -0.4 is 10.1 Å². The molecule has 2 atom stereocenters. The molecule has 2 N–H and O–H groups in total. The van der Waals surface area contributed by atoms with Crippen LogP contribution in [0.15, 0.2) is 55.1 Å². The standard InChI is InChI=1S/C26H23F6N5O3S/c1-14-21(41-23(35-14)16-3-6-18(7-4-16)40-11-26(31,32)24(29)30)22(38)36-15(2)25(39,10-37-13-33-12-34-37)19-8-5-17(27)9-20(19)28/h3-9,12-13,15,24,39H,10-11H2,1-2H3,(H,36,38)/t15-,25-/m1/s1. The molecule has 0 fully saturated rings. The van der Waals surface area contributed by atoms with Crippen LogP contribution in [0.1, 0.15) is 27.9 Å². The minimum Gasteiger partial charge on any atom is -0.487 e. The number of carbonyl (C=O) groups excluding carboxylic acids is 1. The molecular weight excluding hydrogens is 576 g/mol. The molecule has 0 spiro atoms. The molecule has 0 aliphatic heterocycles. The molecule has 8 nitrogen and oxygen atoms in total. The summed E-state index contributed by atoms with van der Waals surface area (Å²) >= 11 is 0.991. The van der Waals surface area contributed by atoms with Crippen molar-refractivity contribution in [2.45, 2.75) is 44.4 Å². The third-order valence-electron chi connectivity index (χ3n) is 6.19. The van der Waals surface area contributed by atoms with Crippen molar-refractivity contribution in [3.63, 3.8) is 0 Å². The summed E-state index contributed by atoms with van der Waals surface area (Å²) in [5.74, 6) is -6.85. The van der Waals surface area contributed by atoms with E-state index in [1.165, 1.54) is 48.5 Å². The average molecular weight is 600 g/mol. The number of aryl methyl sites for hydroxylation is 1. The van der Waals surface area contributed by atoms with Crippen LogP contribution in [-0.2, 0) is 12.1 Å². The van der Waals surface area contributed by atoms with E-state index in [0.29, 0.717) is 22.3 Å². The third kappa shape index (κ3) is 6.68. The summed E-state index contributed by atoms with van der Waals surface area (Å²) < 4.78 is 85.2. The Balaban J connectivity index is 1.52. The Bertz CT molecular complexity index is 1500. The van der Waals surface area contributed by atoms with E-state index in [2.05, 4.69) is 20.4 Å². The number of aliphatic hydroxyl groups is 1. The highest BCUT2D eigenvalue weighted by Gasteiger charge is 2.42. The number of hydrogen-bond donors (Lipinski definition) is 2. The summed E-state index contributed by atoms with van der Waals surface area (Å²) in [7, 11) is 0. The largest absolute Gasteiger partial charge is 0.487 e. The lowest BCUT2D eigenvalue weighted by atomic mass is 9.86. The van der Waals surface area contributed by atoms with Gasteiger partial charge in [0.2, 0.25) is 0 Å². The zero-order valence-electron chi connectivity index (χ0n) is 21.5. The number of halogens is 6. The van der Waals surface area contributed by atoms with Gasteiger partial charge in [-0.2, -0.15) is 13.9 Å². The maximum Gasteiger partial charge on any atom is 0.340 e. The Morgan fingerprint density at radius 2 is 1.88 bits per heavy atom. The van der Waals surface area contributed by atoms with E-state index >= 15 is 0 Å². The predicted molar refractivity (Wildman–Crippen MR) is 136 cm³/mol. The van der Waals surface area contributed by atoms with E-state index in [4.69, 9.17) is 4.74 Å². The number of carbonyl (C=O) groups is 1. The second-order valence-electron chi connectivity index (χ2n) is 9.14. The summed E-state index contributed by atoms with van der Waals surface area (Å²) in [5, 5.41) is 18.6. The molecule has 0 unspecified atom stereocenters. The Morgan fingerprint density at radius 3 is 2.49 bits per heavy atom. The van der Waals surface area contributed by atoms with Crippen molar-refractivity contribution in [3.05, 3.63) is 82.9 Å². The first-order chi connectivity index (χ1) is 19.3. The third-order valence-corrected chi connectivity index (χ3v) is 7.39. The summed E-state index contributed by atoms with van der Waals surface area (Å²) in [6, 6.07) is 7.11. The maximum atomic E-state index is 14.8. The minimum atomic E-state index is -4.30. The summed E-state index contributed by atoms with van der Waals surface area (Å²) in [5.41, 5.74) is -1.51. The van der Waals surface area contributed by atoms with Crippen LogP contribution in [-0.4, -0.2) is 55.8 Å². The quantitative estimate of drug-likeness (QED) is 0.236. The predicted octanol–water partition coefficient (Wildman–Crippen LogP) is 4.97. The van der Waals surface area contributed by atoms with Crippen LogP contribution in [0.5, 0.6) is 5.75 Å². The van der Waals surface area contributed by atoms with Crippen molar-refractivity contribution in [1.29, 1.82) is 0 Å². The number of nitrogens with one attached hydrogen (secondary N) is 1. The molecule has 0 aliphatic carbocycles. The van der Waals surface area contributed by atoms with Crippen LogP contribution in [0, 0.1) is 18.6 Å². The first kappa shape index (κ1) is 30.0. The zero-order chi connectivity index (χ0) is 29.9. The van der Waals surface area contributed by atoms with E-state index in [9.17, 15) is 36.2 Å². The Kier molecular flexibility index (Phi) is 8.68. The fraction of sp³-hybridized carbons (Fsp3) is 0.308. The number of nitrogens with zero attached hydrogens (tertiary/aromatic N) is 4. The van der Waals surface area contributed by atoms with Crippen molar-refractivity contribution >= 4 is 17.2 Å². The number of benzene rings is 2. The number of aromatic nitrogens is 4. The molecule has 0 radical (unpaired) electrons. The lowest BCUT2D eigenvalue weighted by molar-refractivity contribution is -0.148. The minimum absolute atomic E-state index is 0.0613. The molecule has 0 bridgehead atoms. The molecule has 2 aromatic heterocycles. The van der Waals surface area contributed by atoms with Gasteiger partial charge in [-0.15, -0.1) is 11.3 Å². The second kappa shape index (κ2) is 11.9. The Labute approximate surface area is 233 Å². The SMILES string of the molecule is Cc1nc(-c2ccc(OCC(F)(F)C(F)F)cc2)sc1C(=O)N[C@H](C)[C@](O)(Cn1cncn1)c1ccc(F)cc1F. The van der Waals surface area contributed by atoms with Crippen molar-refractivity contribution in [2.24, 2.45) is 0 Å². The number of thiazole rings is 1. The molecule has 1 amide bonds. The number of hydrogen-bond acceptors (Lipinski definition) is 7. The highest BCUT2D eigenvalue weighted by molar-refractivity contribution is 7.17. The van der Waals surface area contributed by atoms with Crippen LogP contribution in [0.3, 0.4) is 0 Å². The van der Waals surface area contributed by atoms with Crippen molar-refractivity contribution < 1.29 is 41.0 Å². The smallest absolute Gasteiger partial charge is 0.340 e. The van der Waals surface area contributed by atoms with Gasteiger partial charge in [0.15, 0.2) is 6.61 Å². The molecule has 0 aliphatic rings. The van der Waals surface area contributed by atoms with E-state index < -0.39 is 48.1 Å². The highest BCUT2D eigenvalue weighted by Crippen LogP contribution is 2.33. The number of amides is 1. The number of rotatable bonds is 11. The molecule has 0 saturated carbocycles. The van der Waals surface area contributed by atoms with Gasteiger partial charge in [-0.25, -0.2) is 32.2 Å². The molecular formula is C26H23F6N5O3S. The van der Waals surface area contributed by atoms with Gasteiger partial charge in [-0.3, -0.25) is 4.79 Å². The molecule has 4 aromatic rings. The second-order valence-corrected chi connectivity index (χ2v) is 10.1. The van der Waals surface area contributed by atoms with Crippen LogP contribution in [0.4, 0.5) is 26.3 Å². The molecule has 0 saturated heterocycles. The molecule has 15 heteroatoms. The van der Waals surface area contributed by atoms with Crippen LogP contribution in [0.2, 0.25) is 0 Å². The average Bonchev–Trinajstić information content (AvgIpc) is 3.57. The summed E-state index contributed by atoms with van der Waals surface area (Å²) in [6.45, 7) is 1.21. The van der Waals surface area contributed by atoms with E-state index in [-0.39, 0.29) is 22.7 Å². The summed E-state index contributed by atoms with van der Waals surface area (Å²) in [4.78, 5) is 21.6. The molecule has 4 rings (SSSR count). The van der Waals surface area contributed by atoms with Gasteiger partial charge in [0.05, 0.1) is 18.3 Å². The van der Waals surface area contributed by atoms with Gasteiger partial charge in [-0.05, 0) is 44.2 Å². The van der Waals surface area contributed by atoms with Gasteiger partial charge >= 0.3 is 12.3 Å². The lowest BCUT2D eigenvalue weighted by Gasteiger charge is -2.35. The van der Waals surface area contributed by atoms with E-state index in [0.717, 1.165) is 23.5 Å². The molecule has 2 aromatic carbocycles. The van der Waals surface area contributed by atoms with Gasteiger partial charge in [0.1, 0.15) is 45.5 Å². The van der Waals surface area contributed by atoms with Gasteiger partial charge in [0.25, 0.3) is 5.91 Å². The highest BCUT2D eigenvalue weighted by atomic mass is 32.1. The monoisotopic (exact) mass is 599 g/mol. The number of alkyl halides is 4. The first-order valence-corrected chi connectivity index (χ1v) is 12.8. The summed E-state index contributed by atoms with van der Waals surface area (Å²) in [6.07, 6.45) is -1.36. The normalized spacial score (nSPS) is 14.1. The number of ether oxygens (including phenoxy) is 1. The lowest BCUT2D eigenvalue weighted by Crippen LogP contribution is -2.51. The van der Waals surface area contributed by atoms with E-state index in [1.807, 2.05) is 0 Å². The maximum absolute atomic E-state index is 14.8. The van der Waals surface area contributed by atoms with Crippen molar-refractivity contribution in [1.82, 2.24) is 25.1 Å². The molecule has 218 valence electrons. The fourth-order valence-electron chi connectivity index (χ4n) is 3.91. The Morgan fingerprint density at radius 1 is 1.17 bits per heavy atom. The van der Waals surface area contributed by atoms with Gasteiger partial charge in [0, 0.05) is 17.2 Å². The zero-order valence-corrected chi connectivity index (χ0v) is 22.3. The van der Waals surface area contributed by atoms with Crippen molar-refractivity contribution in [3.8, 4) is 16.3 Å².